The lowest BCUT2D eigenvalue weighted by Crippen LogP contribution is -2.06. The van der Waals surface area contributed by atoms with Gasteiger partial charge in [0.2, 0.25) is 0 Å². The molecule has 0 saturated heterocycles. The van der Waals surface area contributed by atoms with E-state index >= 15 is 0 Å². The minimum atomic E-state index is 0.492. The molecule has 0 saturated carbocycles. The van der Waals surface area contributed by atoms with Crippen LogP contribution in [0.2, 0.25) is 15.1 Å². The lowest BCUT2D eigenvalue weighted by molar-refractivity contribution is 0.834. The Hall–Kier alpha value is -1.42. The number of fused-ring (bicyclic) bond motifs is 1. The number of halogens is 3. The van der Waals surface area contributed by atoms with Gasteiger partial charge in [0.25, 0.3) is 0 Å². The van der Waals surface area contributed by atoms with Crippen LogP contribution < -0.4 is 5.32 Å². The average Bonchev–Trinajstić information content (AvgIpc) is 2.75. The van der Waals surface area contributed by atoms with Crippen molar-refractivity contribution in [3.05, 3.63) is 57.3 Å². The zero-order valence-electron chi connectivity index (χ0n) is 11.2. The SMILES string of the molecule is Cn1c(CNc2c(Cl)cc(Cl)cc2Cl)nc2ccccc21. The van der Waals surface area contributed by atoms with E-state index in [4.69, 9.17) is 34.8 Å². The summed E-state index contributed by atoms with van der Waals surface area (Å²) in [5.74, 6) is 0.901. The van der Waals surface area contributed by atoms with Crippen molar-refractivity contribution in [2.24, 2.45) is 7.05 Å². The number of nitrogens with zero attached hydrogens (tertiary/aromatic N) is 2. The minimum Gasteiger partial charge on any atom is -0.375 e. The Bertz CT molecular complexity index is 788. The monoisotopic (exact) mass is 339 g/mol. The van der Waals surface area contributed by atoms with Gasteiger partial charge >= 0.3 is 0 Å². The van der Waals surface area contributed by atoms with Crippen LogP contribution in [0, 0.1) is 0 Å². The largest absolute Gasteiger partial charge is 0.375 e. The van der Waals surface area contributed by atoms with E-state index < -0.39 is 0 Å². The second kappa shape index (κ2) is 5.76. The van der Waals surface area contributed by atoms with Crippen LogP contribution in [0.25, 0.3) is 11.0 Å². The Kier molecular flexibility index (Phi) is 3.98. The number of anilines is 1. The highest BCUT2D eigenvalue weighted by molar-refractivity contribution is 6.41. The summed E-state index contributed by atoms with van der Waals surface area (Å²) in [6.07, 6.45) is 0. The Morgan fingerprint density at radius 3 is 2.43 bits per heavy atom. The zero-order valence-corrected chi connectivity index (χ0v) is 13.5. The summed E-state index contributed by atoms with van der Waals surface area (Å²) in [5.41, 5.74) is 2.71. The molecule has 3 aromatic rings. The number of aryl methyl sites for hydroxylation is 1. The predicted octanol–water partition coefficient (Wildman–Crippen LogP) is 5.15. The molecule has 1 heterocycles. The first-order chi connectivity index (χ1) is 10.1. The van der Waals surface area contributed by atoms with Crippen molar-refractivity contribution in [3.63, 3.8) is 0 Å². The smallest absolute Gasteiger partial charge is 0.128 e. The lowest BCUT2D eigenvalue weighted by Gasteiger charge is -2.11. The van der Waals surface area contributed by atoms with Crippen molar-refractivity contribution in [3.8, 4) is 0 Å². The third kappa shape index (κ3) is 2.82. The standard InChI is InChI=1S/C15H12Cl3N3/c1-21-13-5-3-2-4-12(13)20-14(21)8-19-15-10(17)6-9(16)7-11(15)18/h2-7,19H,8H2,1H3. The second-order valence-corrected chi connectivity index (χ2v) is 5.92. The molecule has 0 fully saturated rings. The summed E-state index contributed by atoms with van der Waals surface area (Å²) in [6, 6.07) is 11.3. The molecule has 0 atom stereocenters. The number of hydrogen-bond acceptors (Lipinski definition) is 2. The topological polar surface area (TPSA) is 29.9 Å². The van der Waals surface area contributed by atoms with Gasteiger partial charge in [-0.2, -0.15) is 0 Å². The molecule has 2 aromatic carbocycles. The number of hydrogen-bond donors (Lipinski definition) is 1. The maximum absolute atomic E-state index is 6.16. The second-order valence-electron chi connectivity index (χ2n) is 4.67. The van der Waals surface area contributed by atoms with Gasteiger partial charge in [-0.15, -0.1) is 0 Å². The summed E-state index contributed by atoms with van der Waals surface area (Å²) >= 11 is 18.2. The molecule has 1 aromatic heterocycles. The molecule has 6 heteroatoms. The molecule has 0 aliphatic heterocycles. The van der Waals surface area contributed by atoms with Gasteiger partial charge in [-0.25, -0.2) is 4.98 Å². The van der Waals surface area contributed by atoms with Crippen LogP contribution >= 0.6 is 34.8 Å². The fourth-order valence-corrected chi connectivity index (χ4v) is 3.18. The molecule has 0 unspecified atom stereocenters. The molecule has 21 heavy (non-hydrogen) atoms. The summed E-state index contributed by atoms with van der Waals surface area (Å²) < 4.78 is 2.04. The Morgan fingerprint density at radius 1 is 1.10 bits per heavy atom. The van der Waals surface area contributed by atoms with Crippen molar-refractivity contribution >= 4 is 51.5 Å². The van der Waals surface area contributed by atoms with E-state index in [1.54, 1.807) is 12.1 Å². The predicted molar refractivity (Wildman–Crippen MR) is 89.5 cm³/mol. The van der Waals surface area contributed by atoms with Crippen molar-refractivity contribution in [1.82, 2.24) is 9.55 Å². The molecular formula is C15H12Cl3N3. The van der Waals surface area contributed by atoms with Gasteiger partial charge in [-0.3, -0.25) is 0 Å². The van der Waals surface area contributed by atoms with Crippen LogP contribution in [0.1, 0.15) is 5.82 Å². The Labute approximate surface area is 137 Å². The normalized spacial score (nSPS) is 11.0. The van der Waals surface area contributed by atoms with E-state index in [0.29, 0.717) is 27.3 Å². The molecule has 3 nitrogen and oxygen atoms in total. The number of rotatable bonds is 3. The molecule has 0 amide bonds. The Morgan fingerprint density at radius 2 is 1.76 bits per heavy atom. The molecule has 0 radical (unpaired) electrons. The number of para-hydroxylation sites is 2. The van der Waals surface area contributed by atoms with Gasteiger partial charge in [-0.1, -0.05) is 46.9 Å². The van der Waals surface area contributed by atoms with Crippen molar-refractivity contribution in [1.29, 1.82) is 0 Å². The van der Waals surface area contributed by atoms with Crippen LogP contribution in [-0.4, -0.2) is 9.55 Å². The zero-order chi connectivity index (χ0) is 15.0. The Balaban J connectivity index is 1.89. The van der Waals surface area contributed by atoms with Gasteiger partial charge in [0, 0.05) is 12.1 Å². The fraction of sp³-hybridized carbons (Fsp3) is 0.133. The van der Waals surface area contributed by atoms with Gasteiger partial charge in [0.15, 0.2) is 0 Å². The van der Waals surface area contributed by atoms with Gasteiger partial charge < -0.3 is 9.88 Å². The van der Waals surface area contributed by atoms with E-state index in [9.17, 15) is 0 Å². The van der Waals surface area contributed by atoms with Crippen LogP contribution in [0.3, 0.4) is 0 Å². The van der Waals surface area contributed by atoms with E-state index in [2.05, 4.69) is 10.3 Å². The quantitative estimate of drug-likeness (QED) is 0.715. The summed E-state index contributed by atoms with van der Waals surface area (Å²) in [5, 5.41) is 4.72. The average molecular weight is 341 g/mol. The van der Waals surface area contributed by atoms with Crippen LogP contribution in [0.4, 0.5) is 5.69 Å². The summed E-state index contributed by atoms with van der Waals surface area (Å²) in [7, 11) is 1.98. The van der Waals surface area contributed by atoms with Crippen molar-refractivity contribution in [2.45, 2.75) is 6.54 Å². The highest BCUT2D eigenvalue weighted by atomic mass is 35.5. The number of benzene rings is 2. The van der Waals surface area contributed by atoms with E-state index in [1.807, 2.05) is 35.9 Å². The van der Waals surface area contributed by atoms with E-state index in [0.717, 1.165) is 16.9 Å². The highest BCUT2D eigenvalue weighted by Crippen LogP contribution is 2.34. The molecule has 0 bridgehead atoms. The first kappa shape index (κ1) is 14.5. The van der Waals surface area contributed by atoms with Crippen LogP contribution in [-0.2, 0) is 13.6 Å². The van der Waals surface area contributed by atoms with E-state index in [-0.39, 0.29) is 0 Å². The van der Waals surface area contributed by atoms with Crippen molar-refractivity contribution < 1.29 is 0 Å². The third-order valence-electron chi connectivity index (χ3n) is 3.31. The maximum Gasteiger partial charge on any atom is 0.128 e. The summed E-state index contributed by atoms with van der Waals surface area (Å²) in [6.45, 7) is 0.520. The maximum atomic E-state index is 6.16. The highest BCUT2D eigenvalue weighted by Gasteiger charge is 2.10. The molecule has 108 valence electrons. The molecule has 3 rings (SSSR count). The number of imidazole rings is 1. The van der Waals surface area contributed by atoms with Crippen molar-refractivity contribution in [2.75, 3.05) is 5.32 Å². The molecular weight excluding hydrogens is 329 g/mol. The number of nitrogens with one attached hydrogen (secondary N) is 1. The fourth-order valence-electron chi connectivity index (χ4n) is 2.23. The van der Waals surface area contributed by atoms with Gasteiger partial charge in [0.1, 0.15) is 5.82 Å². The molecule has 1 N–H and O–H groups in total. The summed E-state index contributed by atoms with van der Waals surface area (Å²) in [4.78, 5) is 4.59. The molecule has 0 aliphatic carbocycles. The van der Waals surface area contributed by atoms with Gasteiger partial charge in [0.05, 0.1) is 33.3 Å². The van der Waals surface area contributed by atoms with Crippen LogP contribution in [0.15, 0.2) is 36.4 Å². The first-order valence-electron chi connectivity index (χ1n) is 6.35. The van der Waals surface area contributed by atoms with Gasteiger partial charge in [-0.05, 0) is 24.3 Å². The number of aromatic nitrogens is 2. The lowest BCUT2D eigenvalue weighted by atomic mass is 10.3. The molecule has 0 spiro atoms. The van der Waals surface area contributed by atoms with Crippen LogP contribution in [0.5, 0.6) is 0 Å². The van der Waals surface area contributed by atoms with E-state index in [1.165, 1.54) is 0 Å². The molecule has 0 aliphatic rings. The first-order valence-corrected chi connectivity index (χ1v) is 7.48. The third-order valence-corrected chi connectivity index (χ3v) is 4.12. The minimum absolute atomic E-state index is 0.492.